The molecule has 2 aromatic carbocycles. The number of nitrogens with zero attached hydrogens (tertiary/aromatic N) is 1. The van der Waals surface area contributed by atoms with Crippen LogP contribution in [0.5, 0.6) is 0 Å². The largest absolute Gasteiger partial charge is 0.466 e. The first kappa shape index (κ1) is 24.7. The summed E-state index contributed by atoms with van der Waals surface area (Å²) in [7, 11) is 1.19. The first-order valence-electron chi connectivity index (χ1n) is 11.1. The predicted molar refractivity (Wildman–Crippen MR) is 139 cm³/mol. The molecule has 2 heterocycles. The number of amides is 1. The van der Waals surface area contributed by atoms with Gasteiger partial charge < -0.3 is 15.8 Å². The molecule has 10 heteroatoms. The molecule has 1 amide bonds. The fraction of sp³-hybridized carbons (Fsp3) is 0.269. The molecule has 1 atom stereocenters. The standard InChI is InChI=1S/C26H22Cl3N3O4/c1-25(2)10-18-20(19(33)11-25)26(16-9-12(27)4-5-17(16)31-24(26)35)21(23(34)36-3)22(30)32(18)15-7-13(28)6-14(29)8-15/h4-9H,10-11,30H2,1-3H3,(H,31,35). The molecule has 1 aliphatic carbocycles. The molecule has 36 heavy (non-hydrogen) atoms. The van der Waals surface area contributed by atoms with Crippen LogP contribution >= 0.6 is 34.8 Å². The Bertz CT molecular complexity index is 1430. The van der Waals surface area contributed by atoms with Crippen LogP contribution < -0.4 is 16.0 Å². The average molecular weight is 547 g/mol. The van der Waals surface area contributed by atoms with Gasteiger partial charge in [0.1, 0.15) is 16.8 Å². The number of halogens is 3. The fourth-order valence-electron chi connectivity index (χ4n) is 5.57. The molecule has 0 radical (unpaired) electrons. The second kappa shape index (κ2) is 8.26. The van der Waals surface area contributed by atoms with Crippen molar-refractivity contribution >= 4 is 63.8 Å². The van der Waals surface area contributed by atoms with Gasteiger partial charge in [-0.15, -0.1) is 0 Å². The summed E-state index contributed by atoms with van der Waals surface area (Å²) >= 11 is 19.0. The third kappa shape index (κ3) is 3.44. The number of benzene rings is 2. The Kier molecular flexibility index (Phi) is 5.67. The van der Waals surface area contributed by atoms with E-state index >= 15 is 0 Å². The minimum atomic E-state index is -1.83. The number of fused-ring (bicyclic) bond motifs is 3. The zero-order valence-electron chi connectivity index (χ0n) is 19.7. The Balaban J connectivity index is 1.95. The van der Waals surface area contributed by atoms with Crippen LogP contribution in [-0.4, -0.2) is 24.8 Å². The molecule has 0 saturated carbocycles. The summed E-state index contributed by atoms with van der Waals surface area (Å²) in [6, 6.07) is 9.65. The van der Waals surface area contributed by atoms with Gasteiger partial charge in [0.2, 0.25) is 5.91 Å². The normalized spacial score (nSPS) is 22.6. The molecule has 186 valence electrons. The predicted octanol–water partition coefficient (Wildman–Crippen LogP) is 5.34. The SMILES string of the molecule is COC(=O)C1=C(N)N(c2cc(Cl)cc(Cl)c2)C2=C(C(=O)CC(C)(C)C2)C12C(=O)Nc1ccc(Cl)cc12. The third-order valence-electron chi connectivity index (χ3n) is 6.84. The van der Waals surface area contributed by atoms with Gasteiger partial charge in [0.15, 0.2) is 5.78 Å². The zero-order valence-corrected chi connectivity index (χ0v) is 21.9. The van der Waals surface area contributed by atoms with Crippen molar-refractivity contribution in [2.75, 3.05) is 17.3 Å². The van der Waals surface area contributed by atoms with Crippen molar-refractivity contribution in [1.82, 2.24) is 0 Å². The summed E-state index contributed by atoms with van der Waals surface area (Å²) in [5, 5.41) is 3.83. The lowest BCUT2D eigenvalue weighted by molar-refractivity contribution is -0.138. The van der Waals surface area contributed by atoms with E-state index in [-0.39, 0.29) is 29.2 Å². The second-order valence-electron chi connectivity index (χ2n) is 9.87. The maximum Gasteiger partial charge on any atom is 0.339 e. The van der Waals surface area contributed by atoms with Gasteiger partial charge in [-0.2, -0.15) is 0 Å². The van der Waals surface area contributed by atoms with E-state index < -0.39 is 22.7 Å². The molecule has 7 nitrogen and oxygen atoms in total. The van der Waals surface area contributed by atoms with E-state index in [2.05, 4.69) is 5.32 Å². The van der Waals surface area contributed by atoms with E-state index in [9.17, 15) is 14.4 Å². The molecule has 3 aliphatic rings. The number of hydrogen-bond donors (Lipinski definition) is 2. The van der Waals surface area contributed by atoms with E-state index in [0.29, 0.717) is 44.1 Å². The average Bonchev–Trinajstić information content (AvgIpc) is 3.03. The number of nitrogens with one attached hydrogen (secondary N) is 1. The van der Waals surface area contributed by atoms with Gasteiger partial charge in [-0.25, -0.2) is 4.79 Å². The van der Waals surface area contributed by atoms with Gasteiger partial charge in [-0.1, -0.05) is 48.7 Å². The van der Waals surface area contributed by atoms with Crippen LogP contribution in [0, 0.1) is 5.41 Å². The zero-order chi connectivity index (χ0) is 26.2. The highest BCUT2D eigenvalue weighted by atomic mass is 35.5. The Labute approximate surface area is 222 Å². The lowest BCUT2D eigenvalue weighted by atomic mass is 9.60. The number of ketones is 1. The quantitative estimate of drug-likeness (QED) is 0.493. The monoisotopic (exact) mass is 545 g/mol. The Morgan fingerprint density at radius 2 is 1.69 bits per heavy atom. The van der Waals surface area contributed by atoms with Crippen molar-refractivity contribution in [2.45, 2.75) is 32.1 Å². The number of carbonyl (C=O) groups is 3. The van der Waals surface area contributed by atoms with Crippen LogP contribution in [0.4, 0.5) is 11.4 Å². The van der Waals surface area contributed by atoms with Crippen LogP contribution in [-0.2, 0) is 24.5 Å². The van der Waals surface area contributed by atoms with Gasteiger partial charge in [0.05, 0.1) is 12.8 Å². The summed E-state index contributed by atoms with van der Waals surface area (Å²) in [6.07, 6.45) is 0.549. The van der Waals surface area contributed by atoms with Gasteiger partial charge in [-0.3, -0.25) is 14.5 Å². The molecule has 2 aliphatic heterocycles. The van der Waals surface area contributed by atoms with E-state index in [1.54, 1.807) is 41.3 Å². The van der Waals surface area contributed by atoms with Crippen molar-refractivity contribution in [2.24, 2.45) is 11.1 Å². The highest BCUT2D eigenvalue weighted by Gasteiger charge is 2.63. The summed E-state index contributed by atoms with van der Waals surface area (Å²) in [5.41, 5.74) is 6.18. The number of carbonyl (C=O) groups excluding carboxylic acids is 3. The van der Waals surface area contributed by atoms with Crippen molar-refractivity contribution < 1.29 is 19.1 Å². The number of esters is 1. The smallest absolute Gasteiger partial charge is 0.339 e. The number of ether oxygens (including phenoxy) is 1. The number of hydrogen-bond acceptors (Lipinski definition) is 6. The molecule has 0 aromatic heterocycles. The van der Waals surface area contributed by atoms with Crippen LogP contribution in [0.25, 0.3) is 0 Å². The van der Waals surface area contributed by atoms with Crippen LogP contribution in [0.3, 0.4) is 0 Å². The molecular formula is C26H22Cl3N3O4. The summed E-state index contributed by atoms with van der Waals surface area (Å²) in [4.78, 5) is 42.9. The molecular weight excluding hydrogens is 525 g/mol. The fourth-order valence-corrected chi connectivity index (χ4v) is 6.26. The summed E-state index contributed by atoms with van der Waals surface area (Å²) in [5.74, 6) is -1.77. The molecule has 5 rings (SSSR count). The summed E-state index contributed by atoms with van der Waals surface area (Å²) < 4.78 is 5.13. The molecule has 0 saturated heterocycles. The van der Waals surface area contributed by atoms with E-state index in [0.717, 1.165) is 0 Å². The van der Waals surface area contributed by atoms with Crippen molar-refractivity contribution in [3.63, 3.8) is 0 Å². The molecule has 1 spiro atoms. The van der Waals surface area contributed by atoms with Gasteiger partial charge in [-0.05, 0) is 48.2 Å². The summed E-state index contributed by atoms with van der Waals surface area (Å²) in [6.45, 7) is 3.92. The number of nitrogens with two attached hydrogens (primary N) is 1. The van der Waals surface area contributed by atoms with E-state index in [1.165, 1.54) is 7.11 Å². The van der Waals surface area contributed by atoms with E-state index in [1.807, 2.05) is 13.8 Å². The molecule has 1 unspecified atom stereocenters. The highest BCUT2D eigenvalue weighted by Crippen LogP contribution is 2.57. The van der Waals surface area contributed by atoms with Crippen molar-refractivity contribution in [3.8, 4) is 0 Å². The van der Waals surface area contributed by atoms with Gasteiger partial charge >= 0.3 is 5.97 Å². The number of rotatable bonds is 2. The van der Waals surface area contributed by atoms with Gasteiger partial charge in [0, 0.05) is 44.0 Å². The van der Waals surface area contributed by atoms with Crippen LogP contribution in [0.1, 0.15) is 32.3 Å². The molecule has 0 bridgehead atoms. The van der Waals surface area contributed by atoms with Crippen molar-refractivity contribution in [1.29, 1.82) is 0 Å². The first-order valence-corrected chi connectivity index (χ1v) is 12.3. The Morgan fingerprint density at radius 3 is 2.33 bits per heavy atom. The maximum absolute atomic E-state index is 14.0. The van der Waals surface area contributed by atoms with Gasteiger partial charge in [0.25, 0.3) is 0 Å². The third-order valence-corrected chi connectivity index (χ3v) is 7.51. The van der Waals surface area contributed by atoms with Crippen LogP contribution in [0.15, 0.2) is 59.1 Å². The molecule has 3 N–H and O–H groups in total. The number of Topliss-reactive ketones (excluding diaryl/α,β-unsaturated/α-hetero) is 1. The molecule has 2 aromatic rings. The topological polar surface area (TPSA) is 102 Å². The number of anilines is 2. The first-order chi connectivity index (χ1) is 16.9. The Morgan fingerprint density at radius 1 is 1.03 bits per heavy atom. The number of allylic oxidation sites excluding steroid dienone is 1. The lowest BCUT2D eigenvalue weighted by Gasteiger charge is -2.47. The van der Waals surface area contributed by atoms with Crippen LogP contribution in [0.2, 0.25) is 15.1 Å². The minimum Gasteiger partial charge on any atom is -0.466 e. The highest BCUT2D eigenvalue weighted by molar-refractivity contribution is 6.35. The maximum atomic E-state index is 14.0. The lowest BCUT2D eigenvalue weighted by Crippen LogP contribution is -2.54. The minimum absolute atomic E-state index is 0.0626. The number of methoxy groups -OCH3 is 1. The second-order valence-corrected chi connectivity index (χ2v) is 11.2. The molecule has 0 fully saturated rings. The van der Waals surface area contributed by atoms with E-state index in [4.69, 9.17) is 45.3 Å². The Hall–Kier alpha value is -3.00. The van der Waals surface area contributed by atoms with Crippen molar-refractivity contribution in [3.05, 3.63) is 79.7 Å².